The number of hydrogen-bond acceptors (Lipinski definition) is 15. The molecule has 0 amide bonds. The third kappa shape index (κ3) is 78.3. The van der Waals surface area contributed by atoms with Gasteiger partial charge in [-0.25, -0.2) is 9.13 Å². The molecule has 5 unspecified atom stereocenters. The smallest absolute Gasteiger partial charge is 0.462 e. The van der Waals surface area contributed by atoms with Crippen LogP contribution in [0, 0.1) is 0 Å². The highest BCUT2D eigenvalue weighted by molar-refractivity contribution is 7.47. The summed E-state index contributed by atoms with van der Waals surface area (Å²) < 4.78 is 68.5. The average Bonchev–Trinajstić information content (AvgIpc) is 0.923. The zero-order valence-electron chi connectivity index (χ0n) is 66.9. The van der Waals surface area contributed by atoms with Gasteiger partial charge < -0.3 is 33.8 Å². The molecule has 0 aliphatic heterocycles. The molecule has 0 aliphatic carbocycles. The zero-order valence-corrected chi connectivity index (χ0v) is 68.7. The number of phosphoric ester groups is 2. The number of carbonyl (C=O) groups is 4. The molecule has 108 heavy (non-hydrogen) atoms. The minimum absolute atomic E-state index is 0.0667. The third-order valence-electron chi connectivity index (χ3n) is 16.4. The number of ether oxygens (including phenoxy) is 4. The molecule has 0 spiro atoms. The van der Waals surface area contributed by atoms with E-state index in [1.54, 1.807) is 12.2 Å². The van der Waals surface area contributed by atoms with Gasteiger partial charge >= 0.3 is 39.5 Å². The van der Waals surface area contributed by atoms with Crippen molar-refractivity contribution in [1.29, 1.82) is 0 Å². The molecule has 0 saturated heterocycles. The molecule has 3 N–H and O–H groups in total. The molecule has 0 saturated carbocycles. The average molecular weight is 1550 g/mol. The summed E-state index contributed by atoms with van der Waals surface area (Å²) in [5, 5.41) is 10.7. The first kappa shape index (κ1) is 102. The lowest BCUT2D eigenvalue weighted by Crippen LogP contribution is -2.30. The van der Waals surface area contributed by atoms with Gasteiger partial charge in [-0.15, -0.1) is 0 Å². The number of carbonyl (C=O) groups excluding carboxylic acids is 4. The SMILES string of the molecule is CC/C=C\C/C=C\C/C=C\C/C=C\C/C=C\CCCCCC(=O)OCC(COP(=O)(O)OCC(O)COP(=O)(O)OCC(COC(=O)CCCCCCCC/C=C\C/C=C\C/C=C\CCCCC)OC(=O)CCCCCCC/C=C\C/C=C\CCCCC)OC(=O)C/C=C\C/C=C\C/C=C\C/C=C\C/C=C\CC. The van der Waals surface area contributed by atoms with E-state index in [2.05, 4.69) is 186 Å². The Morgan fingerprint density at radius 1 is 0.278 bits per heavy atom. The van der Waals surface area contributed by atoms with Crippen molar-refractivity contribution >= 4 is 39.5 Å². The minimum Gasteiger partial charge on any atom is -0.462 e. The largest absolute Gasteiger partial charge is 0.472 e. The predicted molar refractivity (Wildman–Crippen MR) is 445 cm³/mol. The van der Waals surface area contributed by atoms with Crippen LogP contribution < -0.4 is 0 Å². The summed E-state index contributed by atoms with van der Waals surface area (Å²) in [5.41, 5.74) is 0. The lowest BCUT2D eigenvalue weighted by molar-refractivity contribution is -0.161. The first-order valence-corrected chi connectivity index (χ1v) is 44.0. The van der Waals surface area contributed by atoms with Gasteiger partial charge in [0.1, 0.15) is 19.3 Å². The molecular formula is C89H144O17P2. The van der Waals surface area contributed by atoms with Crippen molar-refractivity contribution in [2.75, 3.05) is 39.6 Å². The maximum Gasteiger partial charge on any atom is 0.472 e. The lowest BCUT2D eigenvalue weighted by Gasteiger charge is -2.21. The van der Waals surface area contributed by atoms with E-state index in [0.29, 0.717) is 25.7 Å². The van der Waals surface area contributed by atoms with Crippen LogP contribution in [0.3, 0.4) is 0 Å². The molecule has 0 radical (unpaired) electrons. The van der Waals surface area contributed by atoms with Gasteiger partial charge in [0.05, 0.1) is 32.8 Å². The van der Waals surface area contributed by atoms with Crippen molar-refractivity contribution in [3.63, 3.8) is 0 Å². The number of hydrogen-bond donors (Lipinski definition) is 3. The van der Waals surface area contributed by atoms with E-state index in [1.165, 1.54) is 38.5 Å². The molecule has 19 heteroatoms. The minimum atomic E-state index is -5.02. The summed E-state index contributed by atoms with van der Waals surface area (Å²) in [6.07, 6.45) is 96.1. The van der Waals surface area contributed by atoms with Crippen molar-refractivity contribution in [3.8, 4) is 0 Å². The highest BCUT2D eigenvalue weighted by Gasteiger charge is 2.30. The first-order valence-electron chi connectivity index (χ1n) is 41.0. The van der Waals surface area contributed by atoms with Gasteiger partial charge in [-0.1, -0.05) is 287 Å². The fourth-order valence-electron chi connectivity index (χ4n) is 10.2. The summed E-state index contributed by atoms with van der Waals surface area (Å²) in [5.74, 6) is -2.40. The number of esters is 4. The Balaban J connectivity index is 5.49. The summed E-state index contributed by atoms with van der Waals surface area (Å²) >= 11 is 0. The first-order chi connectivity index (χ1) is 52.7. The van der Waals surface area contributed by atoms with E-state index >= 15 is 0 Å². The van der Waals surface area contributed by atoms with Gasteiger partial charge in [0.2, 0.25) is 0 Å². The second kappa shape index (κ2) is 79.3. The van der Waals surface area contributed by atoms with Crippen LogP contribution in [0.2, 0.25) is 0 Å². The van der Waals surface area contributed by atoms with Crippen molar-refractivity contribution < 1.29 is 80.2 Å². The third-order valence-corrected chi connectivity index (χ3v) is 18.3. The molecule has 0 bridgehead atoms. The van der Waals surface area contributed by atoms with Crippen LogP contribution in [0.5, 0.6) is 0 Å². The van der Waals surface area contributed by atoms with Crippen molar-refractivity contribution in [3.05, 3.63) is 182 Å². The van der Waals surface area contributed by atoms with E-state index in [0.717, 1.165) is 180 Å². The highest BCUT2D eigenvalue weighted by Crippen LogP contribution is 2.45. The van der Waals surface area contributed by atoms with Crippen LogP contribution >= 0.6 is 15.6 Å². The Hall–Kier alpha value is -5.84. The number of rotatable bonds is 75. The van der Waals surface area contributed by atoms with Gasteiger partial charge in [0, 0.05) is 19.3 Å². The van der Waals surface area contributed by atoms with Crippen molar-refractivity contribution in [1.82, 2.24) is 0 Å². The Morgan fingerprint density at radius 2 is 0.519 bits per heavy atom. The Morgan fingerprint density at radius 3 is 0.833 bits per heavy atom. The number of unbranched alkanes of at least 4 members (excludes halogenated alkanes) is 20. The molecule has 0 aromatic carbocycles. The second-order valence-corrected chi connectivity index (χ2v) is 29.5. The number of aliphatic hydroxyl groups is 1. The normalized spacial score (nSPS) is 14.8. The van der Waals surface area contributed by atoms with E-state index in [9.17, 15) is 43.2 Å². The van der Waals surface area contributed by atoms with Crippen LogP contribution in [-0.4, -0.2) is 96.7 Å². The van der Waals surface area contributed by atoms with Gasteiger partial charge in [-0.2, -0.15) is 0 Å². The Labute approximate surface area is 654 Å². The number of phosphoric acid groups is 2. The standard InChI is InChI=1S/C89H144O17P2/c1-5-9-13-17-21-25-29-33-37-39-41-43-47-49-53-57-61-65-69-73-86(91)99-79-84(105-88(93)75-71-67-63-59-55-51-45-35-31-27-23-19-15-11-7-3)81-103-107(95,96)101-77-83(90)78-102-108(97,98)104-82-85(106-89(94)76-72-68-64-60-56-52-46-36-32-28-24-20-16-12-8-4)80-100-87(92)74-70-66-62-58-54-50-48-44-42-40-38-34-30-26-22-18-14-10-6-2/h9,11,13,15,21-28,33-38,41-46,49,53,55,59,67,71,83-85,90H,5-8,10,12,14,16-20,29-32,39-40,47-48,50-52,54,56-58,60-66,68-70,72-82H2,1-4H3,(H,95,96)(H,97,98)/b13-9-,15-11-,25-21-,26-22-,27-23-,28-24-,37-33-,38-34-,43-41-,44-42-,45-35-,46-36-,53-49-,59-55-,71-67-. The van der Waals surface area contributed by atoms with Gasteiger partial charge in [-0.3, -0.25) is 37.3 Å². The van der Waals surface area contributed by atoms with E-state index in [-0.39, 0.29) is 25.7 Å². The topological polar surface area (TPSA) is 237 Å². The van der Waals surface area contributed by atoms with Crippen molar-refractivity contribution in [2.24, 2.45) is 0 Å². The fourth-order valence-corrected chi connectivity index (χ4v) is 11.8. The monoisotopic (exact) mass is 1550 g/mol. The van der Waals surface area contributed by atoms with E-state index in [1.807, 2.05) is 12.2 Å². The van der Waals surface area contributed by atoms with Crippen LogP contribution in [0.4, 0.5) is 0 Å². The molecule has 0 aliphatic rings. The van der Waals surface area contributed by atoms with Crippen LogP contribution in [0.15, 0.2) is 182 Å². The summed E-state index contributed by atoms with van der Waals surface area (Å²) in [6, 6.07) is 0. The van der Waals surface area contributed by atoms with E-state index in [4.69, 9.17) is 37.0 Å². The van der Waals surface area contributed by atoms with Gasteiger partial charge in [0.25, 0.3) is 0 Å². The molecule has 5 atom stereocenters. The van der Waals surface area contributed by atoms with Crippen LogP contribution in [-0.2, 0) is 65.4 Å². The van der Waals surface area contributed by atoms with Gasteiger partial charge in [-0.05, 0) is 167 Å². The summed E-state index contributed by atoms with van der Waals surface area (Å²) in [7, 11) is -10.0. The molecule has 17 nitrogen and oxygen atoms in total. The Kier molecular flexibility index (Phi) is 75.0. The number of allylic oxidation sites excluding steroid dienone is 29. The zero-order chi connectivity index (χ0) is 78.9. The molecule has 0 aromatic rings. The summed E-state index contributed by atoms with van der Waals surface area (Å²) in [6.45, 7) is 4.40. The molecule has 0 fully saturated rings. The molecule has 0 rings (SSSR count). The van der Waals surface area contributed by atoms with Crippen molar-refractivity contribution in [2.45, 2.75) is 316 Å². The maximum absolute atomic E-state index is 13.1. The number of aliphatic hydroxyl groups excluding tert-OH is 1. The maximum atomic E-state index is 13.1. The Bertz CT molecular complexity index is 2760. The van der Waals surface area contributed by atoms with Crippen LogP contribution in [0.1, 0.15) is 297 Å². The molecule has 612 valence electrons. The van der Waals surface area contributed by atoms with Gasteiger partial charge in [0.15, 0.2) is 12.2 Å². The lowest BCUT2D eigenvalue weighted by atomic mass is 10.1. The molecule has 0 aromatic heterocycles. The van der Waals surface area contributed by atoms with Crippen LogP contribution in [0.25, 0.3) is 0 Å². The van der Waals surface area contributed by atoms with E-state index < -0.39 is 97.5 Å². The fraction of sp³-hybridized carbons (Fsp3) is 0.618. The predicted octanol–water partition coefficient (Wildman–Crippen LogP) is 24.3. The molecular weight excluding hydrogens is 1400 g/mol. The molecule has 0 heterocycles. The summed E-state index contributed by atoms with van der Waals surface area (Å²) in [4.78, 5) is 73.1. The quantitative estimate of drug-likeness (QED) is 0.0169. The second-order valence-electron chi connectivity index (χ2n) is 26.6. The highest BCUT2D eigenvalue weighted by atomic mass is 31.2.